The van der Waals surface area contributed by atoms with Crippen LogP contribution >= 0.6 is 11.3 Å². The van der Waals surface area contributed by atoms with E-state index >= 15 is 0 Å². The van der Waals surface area contributed by atoms with E-state index in [2.05, 4.69) is 11.9 Å². The SMILES string of the molecule is CCCCCCCN=Cc1sc2ccc(OCC)cc2c1O. The fourth-order valence-electron chi connectivity index (χ4n) is 2.38. The van der Waals surface area contributed by atoms with Crippen molar-refractivity contribution in [2.75, 3.05) is 13.2 Å². The molecule has 120 valence electrons. The summed E-state index contributed by atoms with van der Waals surface area (Å²) in [6.45, 7) is 5.64. The Morgan fingerprint density at radius 1 is 1.18 bits per heavy atom. The van der Waals surface area contributed by atoms with Crippen LogP contribution in [0.25, 0.3) is 10.1 Å². The molecule has 0 aliphatic heterocycles. The maximum absolute atomic E-state index is 10.3. The standard InChI is InChI=1S/C18H25NO2S/c1-3-5-6-7-8-11-19-13-17-18(20)15-12-14(21-4-2)9-10-16(15)22-17/h9-10,12-13,20H,3-8,11H2,1-2H3. The highest BCUT2D eigenvalue weighted by atomic mass is 32.1. The van der Waals surface area contributed by atoms with E-state index in [4.69, 9.17) is 4.74 Å². The monoisotopic (exact) mass is 319 g/mol. The van der Waals surface area contributed by atoms with E-state index in [9.17, 15) is 5.11 Å². The predicted octanol–water partition coefficient (Wildman–Crippen LogP) is 5.39. The van der Waals surface area contributed by atoms with Crippen molar-refractivity contribution in [3.63, 3.8) is 0 Å². The van der Waals surface area contributed by atoms with E-state index < -0.39 is 0 Å². The molecular formula is C18H25NO2S. The quantitative estimate of drug-likeness (QED) is 0.497. The lowest BCUT2D eigenvalue weighted by atomic mass is 10.1. The van der Waals surface area contributed by atoms with Gasteiger partial charge in [-0.15, -0.1) is 11.3 Å². The van der Waals surface area contributed by atoms with Gasteiger partial charge in [0.2, 0.25) is 0 Å². The number of hydrogen-bond donors (Lipinski definition) is 1. The van der Waals surface area contributed by atoms with Gasteiger partial charge in [-0.25, -0.2) is 0 Å². The molecule has 0 atom stereocenters. The number of hydrogen-bond acceptors (Lipinski definition) is 4. The van der Waals surface area contributed by atoms with E-state index in [1.807, 2.05) is 25.1 Å². The number of aromatic hydroxyl groups is 1. The number of fused-ring (bicyclic) bond motifs is 1. The van der Waals surface area contributed by atoms with Gasteiger partial charge in [0.1, 0.15) is 11.5 Å². The van der Waals surface area contributed by atoms with Gasteiger partial charge in [-0.05, 0) is 31.5 Å². The first kappa shape index (κ1) is 16.8. The Hall–Kier alpha value is -1.55. The summed E-state index contributed by atoms with van der Waals surface area (Å²) in [5, 5.41) is 11.2. The van der Waals surface area contributed by atoms with Gasteiger partial charge in [-0.3, -0.25) is 4.99 Å². The number of unbranched alkanes of at least 4 members (excludes halogenated alkanes) is 4. The number of rotatable bonds is 9. The van der Waals surface area contributed by atoms with Crippen LogP contribution in [0.1, 0.15) is 50.8 Å². The van der Waals surface area contributed by atoms with E-state index in [1.54, 1.807) is 17.6 Å². The fraction of sp³-hybridized carbons (Fsp3) is 0.500. The molecule has 0 spiro atoms. The van der Waals surface area contributed by atoms with Crippen molar-refractivity contribution in [3.05, 3.63) is 23.1 Å². The molecule has 2 rings (SSSR count). The summed E-state index contributed by atoms with van der Waals surface area (Å²) in [5.41, 5.74) is 0. The highest BCUT2D eigenvalue weighted by Crippen LogP contribution is 2.37. The van der Waals surface area contributed by atoms with Crippen LogP contribution in [0.5, 0.6) is 11.5 Å². The van der Waals surface area contributed by atoms with Gasteiger partial charge in [0.05, 0.1) is 11.5 Å². The maximum atomic E-state index is 10.3. The van der Waals surface area contributed by atoms with Crippen LogP contribution in [-0.2, 0) is 0 Å². The molecule has 0 bridgehead atoms. The first-order chi connectivity index (χ1) is 10.8. The summed E-state index contributed by atoms with van der Waals surface area (Å²) in [6, 6.07) is 5.83. The summed E-state index contributed by atoms with van der Waals surface area (Å²) < 4.78 is 6.54. The minimum atomic E-state index is 0.316. The largest absolute Gasteiger partial charge is 0.506 e. The molecule has 1 aromatic heterocycles. The molecule has 0 fully saturated rings. The molecule has 0 aliphatic carbocycles. The Morgan fingerprint density at radius 3 is 2.77 bits per heavy atom. The fourth-order valence-corrected chi connectivity index (χ4v) is 3.35. The van der Waals surface area contributed by atoms with Crippen molar-refractivity contribution in [3.8, 4) is 11.5 Å². The summed E-state index contributed by atoms with van der Waals surface area (Å²) in [5.74, 6) is 1.11. The number of ether oxygens (including phenoxy) is 1. The molecule has 1 N–H and O–H groups in total. The first-order valence-electron chi connectivity index (χ1n) is 8.14. The van der Waals surface area contributed by atoms with Crippen molar-refractivity contribution in [2.45, 2.75) is 46.0 Å². The van der Waals surface area contributed by atoms with Crippen molar-refractivity contribution >= 4 is 27.6 Å². The third kappa shape index (κ3) is 4.47. The van der Waals surface area contributed by atoms with Crippen LogP contribution in [0.4, 0.5) is 0 Å². The lowest BCUT2D eigenvalue weighted by molar-refractivity contribution is 0.340. The van der Waals surface area contributed by atoms with Gasteiger partial charge in [0, 0.05) is 22.8 Å². The molecule has 4 heteroatoms. The second kappa shape index (κ2) is 8.79. The lowest BCUT2D eigenvalue weighted by Gasteiger charge is -2.01. The number of aliphatic imine (C=N–C) groups is 1. The molecule has 1 aromatic carbocycles. The van der Waals surface area contributed by atoms with Crippen molar-refractivity contribution in [2.24, 2.45) is 4.99 Å². The zero-order valence-corrected chi connectivity index (χ0v) is 14.3. The summed E-state index contributed by atoms with van der Waals surface area (Å²) >= 11 is 1.57. The third-order valence-electron chi connectivity index (χ3n) is 3.57. The lowest BCUT2D eigenvalue weighted by Crippen LogP contribution is -1.89. The second-order valence-electron chi connectivity index (χ2n) is 5.36. The molecule has 0 radical (unpaired) electrons. The van der Waals surface area contributed by atoms with Crippen LogP contribution in [0, 0.1) is 0 Å². The molecular weight excluding hydrogens is 294 g/mol. The molecule has 22 heavy (non-hydrogen) atoms. The smallest absolute Gasteiger partial charge is 0.143 e. The molecule has 3 nitrogen and oxygen atoms in total. The zero-order valence-electron chi connectivity index (χ0n) is 13.5. The second-order valence-corrected chi connectivity index (χ2v) is 6.44. The summed E-state index contributed by atoms with van der Waals surface area (Å²) in [7, 11) is 0. The van der Waals surface area contributed by atoms with E-state index in [0.717, 1.165) is 33.7 Å². The average molecular weight is 319 g/mol. The van der Waals surface area contributed by atoms with E-state index in [0.29, 0.717) is 12.4 Å². The Balaban J connectivity index is 1.97. The molecule has 0 aliphatic rings. The molecule has 1 heterocycles. The highest BCUT2D eigenvalue weighted by Gasteiger charge is 2.10. The molecule has 0 amide bonds. The molecule has 0 saturated heterocycles. The topological polar surface area (TPSA) is 41.8 Å². The van der Waals surface area contributed by atoms with Crippen LogP contribution < -0.4 is 4.74 Å². The third-order valence-corrected chi connectivity index (χ3v) is 4.66. The molecule has 2 aromatic rings. The zero-order chi connectivity index (χ0) is 15.8. The Bertz CT molecular complexity index is 619. The Kier molecular flexibility index (Phi) is 6.72. The van der Waals surface area contributed by atoms with Gasteiger partial charge < -0.3 is 9.84 Å². The Labute approximate surface area is 136 Å². The van der Waals surface area contributed by atoms with Gasteiger partial charge in [0.15, 0.2) is 0 Å². The van der Waals surface area contributed by atoms with E-state index in [-0.39, 0.29) is 0 Å². The average Bonchev–Trinajstić information content (AvgIpc) is 2.83. The van der Waals surface area contributed by atoms with Crippen LogP contribution in [0.2, 0.25) is 0 Å². The van der Waals surface area contributed by atoms with Gasteiger partial charge in [-0.2, -0.15) is 0 Å². The maximum Gasteiger partial charge on any atom is 0.143 e. The van der Waals surface area contributed by atoms with Gasteiger partial charge in [0.25, 0.3) is 0 Å². The predicted molar refractivity (Wildman–Crippen MR) is 95.9 cm³/mol. The van der Waals surface area contributed by atoms with Crippen molar-refractivity contribution in [1.82, 2.24) is 0 Å². The molecule has 0 unspecified atom stereocenters. The van der Waals surface area contributed by atoms with Gasteiger partial charge in [-0.1, -0.05) is 32.6 Å². The highest BCUT2D eigenvalue weighted by molar-refractivity contribution is 7.21. The van der Waals surface area contributed by atoms with Crippen LogP contribution in [0.3, 0.4) is 0 Å². The first-order valence-corrected chi connectivity index (χ1v) is 8.96. The normalized spacial score (nSPS) is 11.5. The van der Waals surface area contributed by atoms with Crippen molar-refractivity contribution in [1.29, 1.82) is 0 Å². The molecule has 0 saturated carbocycles. The number of benzene rings is 1. The van der Waals surface area contributed by atoms with E-state index in [1.165, 1.54) is 25.7 Å². The minimum absolute atomic E-state index is 0.316. The van der Waals surface area contributed by atoms with Gasteiger partial charge >= 0.3 is 0 Å². The minimum Gasteiger partial charge on any atom is -0.506 e. The van der Waals surface area contributed by atoms with Crippen molar-refractivity contribution < 1.29 is 9.84 Å². The number of thiophene rings is 1. The van der Waals surface area contributed by atoms with Crippen LogP contribution in [0.15, 0.2) is 23.2 Å². The summed E-state index contributed by atoms with van der Waals surface area (Å²) in [4.78, 5) is 5.28. The summed E-state index contributed by atoms with van der Waals surface area (Å²) in [6.07, 6.45) is 8.03. The number of nitrogens with zero attached hydrogens (tertiary/aromatic N) is 1. The Morgan fingerprint density at radius 2 is 2.00 bits per heavy atom. The van der Waals surface area contributed by atoms with Crippen LogP contribution in [-0.4, -0.2) is 24.5 Å².